The van der Waals surface area contributed by atoms with Crippen LogP contribution in [0.4, 0.5) is 0 Å². The largest absolute Gasteiger partial charge is 0.493 e. The Bertz CT molecular complexity index is 905. The summed E-state index contributed by atoms with van der Waals surface area (Å²) in [6.07, 6.45) is 0.242. The average molecular weight is 406 g/mol. The van der Waals surface area contributed by atoms with E-state index in [1.165, 1.54) is 12.7 Å². The number of rotatable bonds is 11. The van der Waals surface area contributed by atoms with Crippen molar-refractivity contribution >= 4 is 5.97 Å². The van der Waals surface area contributed by atoms with Gasteiger partial charge >= 0.3 is 5.97 Å². The van der Waals surface area contributed by atoms with Crippen molar-refractivity contribution in [1.82, 2.24) is 0 Å². The molecule has 156 valence electrons. The van der Waals surface area contributed by atoms with Gasteiger partial charge in [-0.25, -0.2) is 4.79 Å². The van der Waals surface area contributed by atoms with Gasteiger partial charge in [-0.05, 0) is 41.0 Å². The second-order valence-corrected chi connectivity index (χ2v) is 6.85. The van der Waals surface area contributed by atoms with Gasteiger partial charge in [-0.1, -0.05) is 54.6 Å². The first-order valence-corrected chi connectivity index (χ1v) is 9.91. The van der Waals surface area contributed by atoms with Gasteiger partial charge < -0.3 is 19.3 Å². The number of ether oxygens (including phenoxy) is 3. The third kappa shape index (κ3) is 6.36. The van der Waals surface area contributed by atoms with Crippen molar-refractivity contribution in [3.05, 3.63) is 84.4 Å². The maximum atomic E-state index is 11.0. The molecule has 0 heterocycles. The lowest BCUT2D eigenvalue weighted by Gasteiger charge is -2.11. The summed E-state index contributed by atoms with van der Waals surface area (Å²) >= 11 is 0. The highest BCUT2D eigenvalue weighted by Gasteiger charge is 2.16. The maximum Gasteiger partial charge on any atom is 0.333 e. The molecule has 0 radical (unpaired) electrons. The van der Waals surface area contributed by atoms with Crippen LogP contribution in [-0.2, 0) is 16.0 Å². The second-order valence-electron chi connectivity index (χ2n) is 6.85. The van der Waals surface area contributed by atoms with E-state index in [0.717, 1.165) is 29.0 Å². The van der Waals surface area contributed by atoms with Crippen LogP contribution in [0, 0.1) is 0 Å². The molecule has 3 aromatic carbocycles. The normalized spacial score (nSPS) is 11.6. The van der Waals surface area contributed by atoms with Crippen molar-refractivity contribution in [2.24, 2.45) is 0 Å². The fraction of sp³-hybridized carbons (Fsp3) is 0.240. The Morgan fingerprint density at radius 3 is 1.87 bits per heavy atom. The van der Waals surface area contributed by atoms with Gasteiger partial charge in [0.1, 0.15) is 11.5 Å². The van der Waals surface area contributed by atoms with Crippen LogP contribution < -0.4 is 9.47 Å². The fourth-order valence-electron chi connectivity index (χ4n) is 3.02. The molecule has 0 aromatic heterocycles. The maximum absolute atomic E-state index is 11.0. The predicted molar refractivity (Wildman–Crippen MR) is 116 cm³/mol. The van der Waals surface area contributed by atoms with E-state index in [2.05, 4.69) is 24.3 Å². The van der Waals surface area contributed by atoms with Crippen LogP contribution >= 0.6 is 0 Å². The Morgan fingerprint density at radius 2 is 1.33 bits per heavy atom. The zero-order valence-electron chi connectivity index (χ0n) is 17.0. The van der Waals surface area contributed by atoms with Gasteiger partial charge in [0.25, 0.3) is 0 Å². The quantitative estimate of drug-likeness (QED) is 0.462. The third-order valence-electron chi connectivity index (χ3n) is 4.69. The van der Waals surface area contributed by atoms with Crippen LogP contribution in [0.1, 0.15) is 12.0 Å². The summed E-state index contributed by atoms with van der Waals surface area (Å²) in [6, 6.07) is 25.7. The first-order chi connectivity index (χ1) is 14.7. The highest BCUT2D eigenvalue weighted by atomic mass is 16.5. The Kier molecular flexibility index (Phi) is 7.86. The summed E-state index contributed by atoms with van der Waals surface area (Å²) in [5.41, 5.74) is 3.23. The molecule has 0 amide bonds. The predicted octanol–water partition coefficient (Wildman–Crippen LogP) is 4.84. The topological polar surface area (TPSA) is 65.0 Å². The lowest BCUT2D eigenvalue weighted by atomic mass is 10.1. The minimum absolute atomic E-state index is 0.322. The SMILES string of the molecule is CO[C@@H](Cc1ccc(OCCCOc2ccc(-c3ccccc3)cc2)cc1)C(=O)O. The van der Waals surface area contributed by atoms with Crippen molar-refractivity contribution in [2.75, 3.05) is 20.3 Å². The summed E-state index contributed by atoms with van der Waals surface area (Å²) < 4.78 is 16.5. The zero-order valence-corrected chi connectivity index (χ0v) is 17.0. The molecule has 5 nitrogen and oxygen atoms in total. The molecule has 0 aliphatic heterocycles. The summed E-state index contributed by atoms with van der Waals surface area (Å²) in [5, 5.41) is 9.04. The van der Waals surface area contributed by atoms with Crippen LogP contribution in [0.3, 0.4) is 0 Å². The van der Waals surface area contributed by atoms with Crippen molar-refractivity contribution in [3.8, 4) is 22.6 Å². The van der Waals surface area contributed by atoms with E-state index in [1.807, 2.05) is 54.6 Å². The van der Waals surface area contributed by atoms with Crippen LogP contribution in [0.2, 0.25) is 0 Å². The number of carboxylic acids is 1. The highest BCUT2D eigenvalue weighted by Crippen LogP contribution is 2.22. The average Bonchev–Trinajstić information content (AvgIpc) is 2.79. The number of benzene rings is 3. The van der Waals surface area contributed by atoms with Crippen LogP contribution in [0.15, 0.2) is 78.9 Å². The molecule has 0 aliphatic rings. The van der Waals surface area contributed by atoms with E-state index < -0.39 is 12.1 Å². The van der Waals surface area contributed by atoms with Crippen molar-refractivity contribution in [3.63, 3.8) is 0 Å². The smallest absolute Gasteiger partial charge is 0.333 e. The van der Waals surface area contributed by atoms with Crippen molar-refractivity contribution in [1.29, 1.82) is 0 Å². The Balaban J connectivity index is 1.37. The summed E-state index contributed by atoms with van der Waals surface area (Å²) in [4.78, 5) is 11.0. The van der Waals surface area contributed by atoms with Crippen molar-refractivity contribution < 1.29 is 24.1 Å². The Labute approximate surface area is 176 Å². The first kappa shape index (κ1) is 21.4. The molecule has 3 aromatic rings. The van der Waals surface area contributed by atoms with Gasteiger partial charge in [-0.3, -0.25) is 0 Å². The molecule has 1 atom stereocenters. The van der Waals surface area contributed by atoms with Gasteiger partial charge in [-0.2, -0.15) is 0 Å². The molecule has 0 aliphatic carbocycles. The molecule has 5 heteroatoms. The van der Waals surface area contributed by atoms with Gasteiger partial charge in [-0.15, -0.1) is 0 Å². The molecule has 30 heavy (non-hydrogen) atoms. The molecule has 0 unspecified atom stereocenters. The van der Waals surface area contributed by atoms with E-state index in [-0.39, 0.29) is 0 Å². The number of carbonyl (C=O) groups is 1. The molecule has 0 bridgehead atoms. The first-order valence-electron chi connectivity index (χ1n) is 9.91. The number of hydrogen-bond donors (Lipinski definition) is 1. The minimum atomic E-state index is -0.965. The number of carboxylic acid groups (broad SMARTS) is 1. The second kappa shape index (κ2) is 11.0. The monoisotopic (exact) mass is 406 g/mol. The molecular weight excluding hydrogens is 380 g/mol. The molecule has 0 spiro atoms. The molecular formula is C25H26O5. The van der Waals surface area contributed by atoms with Gasteiger partial charge in [0.2, 0.25) is 0 Å². The van der Waals surface area contributed by atoms with Crippen LogP contribution in [-0.4, -0.2) is 37.5 Å². The lowest BCUT2D eigenvalue weighted by Crippen LogP contribution is -2.24. The Hall–Kier alpha value is -3.31. The lowest BCUT2D eigenvalue weighted by molar-refractivity contribution is -0.148. The van der Waals surface area contributed by atoms with Gasteiger partial charge in [0, 0.05) is 20.0 Å². The van der Waals surface area contributed by atoms with E-state index in [1.54, 1.807) is 0 Å². The fourth-order valence-corrected chi connectivity index (χ4v) is 3.02. The highest BCUT2D eigenvalue weighted by molar-refractivity contribution is 5.72. The summed E-state index contributed by atoms with van der Waals surface area (Å²) in [6.45, 7) is 1.11. The molecule has 3 rings (SSSR count). The number of methoxy groups -OCH3 is 1. The minimum Gasteiger partial charge on any atom is -0.493 e. The Morgan fingerprint density at radius 1 is 0.800 bits per heavy atom. The van der Waals surface area contributed by atoms with E-state index in [4.69, 9.17) is 19.3 Å². The van der Waals surface area contributed by atoms with Crippen molar-refractivity contribution in [2.45, 2.75) is 18.9 Å². The summed E-state index contributed by atoms with van der Waals surface area (Å²) in [5.74, 6) is 0.618. The molecule has 0 saturated carbocycles. The molecule has 1 N–H and O–H groups in total. The number of hydrogen-bond acceptors (Lipinski definition) is 4. The van der Waals surface area contributed by atoms with Crippen LogP contribution in [0.5, 0.6) is 11.5 Å². The number of aliphatic carboxylic acids is 1. The summed E-state index contributed by atoms with van der Waals surface area (Å²) in [7, 11) is 1.40. The van der Waals surface area contributed by atoms with E-state index >= 15 is 0 Å². The van der Waals surface area contributed by atoms with Crippen LogP contribution in [0.25, 0.3) is 11.1 Å². The molecule has 0 fully saturated rings. The third-order valence-corrected chi connectivity index (χ3v) is 4.69. The zero-order chi connectivity index (χ0) is 21.2. The van der Waals surface area contributed by atoms with E-state index in [9.17, 15) is 4.79 Å². The van der Waals surface area contributed by atoms with E-state index in [0.29, 0.717) is 19.6 Å². The molecule has 0 saturated heterocycles. The van der Waals surface area contributed by atoms with Gasteiger partial charge in [0.15, 0.2) is 6.10 Å². The standard InChI is InChI=1S/C25H26O5/c1-28-24(25(26)27)18-19-8-12-22(13-9-19)29-16-5-17-30-23-14-10-21(11-15-23)20-6-3-2-4-7-20/h2-4,6-15,24H,5,16-18H2,1H3,(H,26,27)/t24-/m0/s1. The van der Waals surface area contributed by atoms with Gasteiger partial charge in [0.05, 0.1) is 13.2 Å².